The molecule has 0 saturated heterocycles. The highest BCUT2D eigenvalue weighted by molar-refractivity contribution is 5.88. The minimum absolute atomic E-state index is 0.173. The van der Waals surface area contributed by atoms with E-state index < -0.39 is 5.97 Å². The number of carbonyl (C=O) groups is 1. The van der Waals surface area contributed by atoms with Crippen LogP contribution in [-0.4, -0.2) is 11.1 Å². The fourth-order valence-electron chi connectivity index (χ4n) is 1.69. The van der Waals surface area contributed by atoms with Crippen molar-refractivity contribution in [2.24, 2.45) is 0 Å². The molecule has 0 bridgehead atoms. The molecule has 0 aliphatic rings. The van der Waals surface area contributed by atoms with Gasteiger partial charge in [0.15, 0.2) is 0 Å². The number of hydrogen-bond acceptors (Lipinski definition) is 4. The van der Waals surface area contributed by atoms with Crippen molar-refractivity contribution >= 4 is 5.97 Å². The van der Waals surface area contributed by atoms with Crippen molar-refractivity contribution in [1.82, 2.24) is 5.32 Å². The summed E-state index contributed by atoms with van der Waals surface area (Å²) in [6, 6.07) is 10.7. The molecule has 0 aliphatic carbocycles. The molecule has 5 heteroatoms. The van der Waals surface area contributed by atoms with E-state index in [0.717, 1.165) is 5.56 Å². The zero-order chi connectivity index (χ0) is 13.7. The largest absolute Gasteiger partial charge is 0.478 e. The zero-order valence-electron chi connectivity index (χ0n) is 10.1. The van der Waals surface area contributed by atoms with Crippen LogP contribution in [0.15, 0.2) is 41.0 Å². The molecule has 0 unspecified atom stereocenters. The maximum absolute atomic E-state index is 10.9. The fraction of sp³-hybridized carbons (Fsp3) is 0.143. The number of carboxylic acids is 1. The van der Waals surface area contributed by atoms with Crippen LogP contribution in [0.2, 0.25) is 0 Å². The van der Waals surface area contributed by atoms with Crippen molar-refractivity contribution in [3.8, 4) is 6.07 Å². The Kier molecular flexibility index (Phi) is 3.96. The Hall–Kier alpha value is -2.58. The van der Waals surface area contributed by atoms with Crippen LogP contribution in [0.3, 0.4) is 0 Å². The van der Waals surface area contributed by atoms with Gasteiger partial charge in [-0.15, -0.1) is 0 Å². The summed E-state index contributed by atoms with van der Waals surface area (Å²) < 4.78 is 5.11. The first-order chi connectivity index (χ1) is 9.20. The van der Waals surface area contributed by atoms with Crippen molar-refractivity contribution < 1.29 is 14.3 Å². The lowest BCUT2D eigenvalue weighted by Gasteiger charge is -2.04. The van der Waals surface area contributed by atoms with Gasteiger partial charge in [-0.1, -0.05) is 12.1 Å². The van der Waals surface area contributed by atoms with Crippen molar-refractivity contribution in [3.63, 3.8) is 0 Å². The average Bonchev–Trinajstić information content (AvgIpc) is 2.88. The third-order valence-electron chi connectivity index (χ3n) is 2.67. The van der Waals surface area contributed by atoms with Crippen LogP contribution in [0, 0.1) is 11.3 Å². The first-order valence-corrected chi connectivity index (χ1v) is 5.70. The second-order valence-electron chi connectivity index (χ2n) is 3.97. The lowest BCUT2D eigenvalue weighted by atomic mass is 10.1. The van der Waals surface area contributed by atoms with E-state index in [9.17, 15) is 4.79 Å². The molecule has 1 heterocycles. The van der Waals surface area contributed by atoms with Crippen LogP contribution < -0.4 is 5.32 Å². The van der Waals surface area contributed by atoms with Crippen LogP contribution in [0.25, 0.3) is 0 Å². The fourth-order valence-corrected chi connectivity index (χ4v) is 1.69. The normalized spacial score (nSPS) is 10.1. The van der Waals surface area contributed by atoms with Crippen molar-refractivity contribution in [2.45, 2.75) is 13.1 Å². The molecule has 0 spiro atoms. The summed E-state index contributed by atoms with van der Waals surface area (Å²) in [5.41, 5.74) is 1.80. The second kappa shape index (κ2) is 5.85. The highest BCUT2D eigenvalue weighted by Crippen LogP contribution is 2.10. The third-order valence-corrected chi connectivity index (χ3v) is 2.67. The molecule has 0 atom stereocenters. The summed E-state index contributed by atoms with van der Waals surface area (Å²) in [5.74, 6) is -0.593. The molecule has 2 rings (SSSR count). The van der Waals surface area contributed by atoms with E-state index in [1.54, 1.807) is 12.1 Å². The Labute approximate surface area is 110 Å². The SMILES string of the molecule is N#Cc1ccc(CNCc2occc2C(=O)O)cc1. The lowest BCUT2D eigenvalue weighted by Crippen LogP contribution is -2.14. The number of nitrogens with zero attached hydrogens (tertiary/aromatic N) is 1. The minimum atomic E-state index is -0.996. The van der Waals surface area contributed by atoms with Gasteiger partial charge in [-0.2, -0.15) is 5.26 Å². The van der Waals surface area contributed by atoms with Crippen molar-refractivity contribution in [1.29, 1.82) is 5.26 Å². The molecule has 0 amide bonds. The number of carboxylic acid groups (broad SMARTS) is 1. The van der Waals surface area contributed by atoms with E-state index in [-0.39, 0.29) is 5.56 Å². The van der Waals surface area contributed by atoms with E-state index in [0.29, 0.717) is 24.4 Å². The van der Waals surface area contributed by atoms with Crippen LogP contribution in [0.1, 0.15) is 27.2 Å². The molecule has 0 saturated carbocycles. The average molecular weight is 256 g/mol. The lowest BCUT2D eigenvalue weighted by molar-refractivity contribution is 0.0694. The molecule has 1 aromatic carbocycles. The third kappa shape index (κ3) is 3.21. The Morgan fingerprint density at radius 3 is 2.63 bits per heavy atom. The van der Waals surface area contributed by atoms with Gasteiger partial charge >= 0.3 is 5.97 Å². The molecule has 5 nitrogen and oxygen atoms in total. The highest BCUT2D eigenvalue weighted by Gasteiger charge is 2.12. The molecule has 2 N–H and O–H groups in total. The predicted octanol–water partition coefficient (Wildman–Crippen LogP) is 2.14. The van der Waals surface area contributed by atoms with Gasteiger partial charge < -0.3 is 14.8 Å². The van der Waals surface area contributed by atoms with E-state index in [1.165, 1.54) is 12.3 Å². The van der Waals surface area contributed by atoms with Gasteiger partial charge in [0.05, 0.1) is 24.4 Å². The van der Waals surface area contributed by atoms with E-state index in [4.69, 9.17) is 14.8 Å². The monoisotopic (exact) mass is 256 g/mol. The van der Waals surface area contributed by atoms with Crippen LogP contribution in [-0.2, 0) is 13.1 Å². The predicted molar refractivity (Wildman–Crippen MR) is 67.4 cm³/mol. The Balaban J connectivity index is 1.91. The molecule has 96 valence electrons. The summed E-state index contributed by atoms with van der Waals surface area (Å²) >= 11 is 0. The molecule has 0 radical (unpaired) electrons. The number of benzene rings is 1. The van der Waals surface area contributed by atoms with Gasteiger partial charge in [-0.25, -0.2) is 4.79 Å². The first kappa shape index (κ1) is 12.9. The summed E-state index contributed by atoms with van der Waals surface area (Å²) in [6.07, 6.45) is 1.36. The van der Waals surface area contributed by atoms with Crippen molar-refractivity contribution in [3.05, 3.63) is 59.0 Å². The van der Waals surface area contributed by atoms with Gasteiger partial charge in [0.2, 0.25) is 0 Å². The van der Waals surface area contributed by atoms with Crippen LogP contribution in [0.4, 0.5) is 0 Å². The number of nitriles is 1. The summed E-state index contributed by atoms with van der Waals surface area (Å²) in [7, 11) is 0. The first-order valence-electron chi connectivity index (χ1n) is 5.70. The van der Waals surface area contributed by atoms with Crippen molar-refractivity contribution in [2.75, 3.05) is 0 Å². The minimum Gasteiger partial charge on any atom is -0.478 e. The number of furan rings is 1. The molecule has 2 aromatic rings. The van der Waals surface area contributed by atoms with E-state index >= 15 is 0 Å². The highest BCUT2D eigenvalue weighted by atomic mass is 16.4. The number of rotatable bonds is 5. The Morgan fingerprint density at radius 1 is 1.26 bits per heavy atom. The zero-order valence-corrected chi connectivity index (χ0v) is 10.1. The van der Waals surface area contributed by atoms with Gasteiger partial charge in [0, 0.05) is 6.54 Å². The molecule has 19 heavy (non-hydrogen) atoms. The second-order valence-corrected chi connectivity index (χ2v) is 3.97. The topological polar surface area (TPSA) is 86.3 Å². The van der Waals surface area contributed by atoms with E-state index in [2.05, 4.69) is 11.4 Å². The summed E-state index contributed by atoms with van der Waals surface area (Å²) in [5, 5.41) is 20.7. The molecule has 1 aromatic heterocycles. The smallest absolute Gasteiger partial charge is 0.339 e. The maximum Gasteiger partial charge on any atom is 0.339 e. The van der Waals surface area contributed by atoms with Gasteiger partial charge in [-0.05, 0) is 23.8 Å². The molecular weight excluding hydrogens is 244 g/mol. The Bertz CT molecular complexity index is 608. The van der Waals surface area contributed by atoms with Gasteiger partial charge in [-0.3, -0.25) is 0 Å². The Morgan fingerprint density at radius 2 is 2.00 bits per heavy atom. The standard InChI is InChI=1S/C14H12N2O3/c15-7-10-1-3-11(4-2-10)8-16-9-13-12(14(17)18)5-6-19-13/h1-6,16H,8-9H2,(H,17,18). The summed E-state index contributed by atoms with van der Waals surface area (Å²) in [6.45, 7) is 0.917. The number of nitrogens with one attached hydrogen (secondary N) is 1. The number of hydrogen-bond donors (Lipinski definition) is 2. The van der Waals surface area contributed by atoms with E-state index in [1.807, 2.05) is 12.1 Å². The van der Waals surface area contributed by atoms with Crippen LogP contribution in [0.5, 0.6) is 0 Å². The molecule has 0 fully saturated rings. The maximum atomic E-state index is 10.9. The van der Waals surface area contributed by atoms with Gasteiger partial charge in [0.25, 0.3) is 0 Å². The summed E-state index contributed by atoms with van der Waals surface area (Å²) in [4.78, 5) is 10.9. The quantitative estimate of drug-likeness (QED) is 0.855. The van der Waals surface area contributed by atoms with Gasteiger partial charge in [0.1, 0.15) is 11.3 Å². The number of aromatic carboxylic acids is 1. The molecular formula is C14H12N2O3. The van der Waals surface area contributed by atoms with Crippen LogP contribution >= 0.6 is 0 Å². The molecule has 0 aliphatic heterocycles.